The summed E-state index contributed by atoms with van der Waals surface area (Å²) >= 11 is 6.12. The van der Waals surface area contributed by atoms with Gasteiger partial charge >= 0.3 is 6.03 Å². The van der Waals surface area contributed by atoms with Gasteiger partial charge in [-0.3, -0.25) is 14.4 Å². The number of methoxy groups -OCH3 is 1. The average Bonchev–Trinajstić information content (AvgIpc) is 2.92. The van der Waals surface area contributed by atoms with E-state index in [-0.39, 0.29) is 13.0 Å². The Morgan fingerprint density at radius 3 is 2.41 bits per heavy atom. The highest BCUT2D eigenvalue weighted by Gasteiger charge is 2.29. The summed E-state index contributed by atoms with van der Waals surface area (Å²) in [6.07, 6.45) is 4.13. The maximum atomic E-state index is 13.1. The molecule has 1 aliphatic heterocycles. The van der Waals surface area contributed by atoms with E-state index in [0.717, 1.165) is 32.5 Å². The van der Waals surface area contributed by atoms with Crippen LogP contribution in [-0.4, -0.2) is 62.6 Å². The van der Waals surface area contributed by atoms with Crippen LogP contribution >= 0.6 is 11.6 Å². The Balaban J connectivity index is 1.93. The molecule has 10 nitrogen and oxygen atoms in total. The van der Waals surface area contributed by atoms with Crippen LogP contribution in [0.25, 0.3) is 0 Å². The molecular formula is C28H43ClN4O6. The predicted molar refractivity (Wildman–Crippen MR) is 150 cm³/mol. The standard InChI is InChI=1S/C28H43ClN4O6/c1-5-22(24(34)27(36)31-17-20-7-6-8-21(29)25(20)38-4)32-26(35)23(10-9-18(2)3)33-28(37)30-14-11-19-12-15-39-16-13-19/h6-8,18-19,22-23H,5,9-17H2,1-4H3,(H,31,36)(H,32,35)(H2,30,33,37)/t22?,23-/m0/s1. The molecule has 4 N–H and O–H groups in total. The molecule has 1 unspecified atom stereocenters. The first-order valence-electron chi connectivity index (χ1n) is 13.7. The molecule has 0 spiro atoms. The number of rotatable bonds is 15. The van der Waals surface area contributed by atoms with Crippen molar-refractivity contribution in [3.05, 3.63) is 28.8 Å². The molecule has 2 rings (SSSR count). The van der Waals surface area contributed by atoms with E-state index in [1.165, 1.54) is 7.11 Å². The second kappa shape index (κ2) is 17.0. The largest absolute Gasteiger partial charge is 0.495 e. The quantitative estimate of drug-likeness (QED) is 0.240. The highest BCUT2D eigenvalue weighted by atomic mass is 35.5. The zero-order valence-electron chi connectivity index (χ0n) is 23.4. The molecule has 0 saturated carbocycles. The molecule has 1 saturated heterocycles. The van der Waals surface area contributed by atoms with Crippen LogP contribution in [0.2, 0.25) is 5.02 Å². The van der Waals surface area contributed by atoms with Crippen LogP contribution in [0.3, 0.4) is 0 Å². The zero-order valence-corrected chi connectivity index (χ0v) is 24.2. The van der Waals surface area contributed by atoms with Crippen molar-refractivity contribution in [3.63, 3.8) is 0 Å². The third kappa shape index (κ3) is 11.0. The highest BCUT2D eigenvalue weighted by molar-refractivity contribution is 6.38. The normalized spacial score (nSPS) is 15.2. The van der Waals surface area contributed by atoms with Gasteiger partial charge in [0.15, 0.2) is 0 Å². The molecule has 1 heterocycles. The van der Waals surface area contributed by atoms with Crippen LogP contribution < -0.4 is 26.0 Å². The van der Waals surface area contributed by atoms with Gasteiger partial charge in [0.05, 0.1) is 18.2 Å². The lowest BCUT2D eigenvalue weighted by Crippen LogP contribution is -2.55. The number of para-hydroxylation sites is 1. The van der Waals surface area contributed by atoms with Crippen LogP contribution in [0, 0.1) is 11.8 Å². The van der Waals surface area contributed by atoms with Gasteiger partial charge in [0, 0.05) is 31.9 Å². The molecule has 39 heavy (non-hydrogen) atoms. The molecule has 0 aromatic heterocycles. The maximum absolute atomic E-state index is 13.1. The molecule has 0 bridgehead atoms. The lowest BCUT2D eigenvalue weighted by Gasteiger charge is -2.24. The molecule has 4 amide bonds. The van der Waals surface area contributed by atoms with Gasteiger partial charge in [0.25, 0.3) is 5.91 Å². The monoisotopic (exact) mass is 566 g/mol. The number of carbonyl (C=O) groups is 4. The Morgan fingerprint density at radius 1 is 1.05 bits per heavy atom. The average molecular weight is 567 g/mol. The first-order chi connectivity index (χ1) is 18.7. The van der Waals surface area contributed by atoms with Crippen LogP contribution in [0.4, 0.5) is 4.79 Å². The summed E-state index contributed by atoms with van der Waals surface area (Å²) in [7, 11) is 1.47. The van der Waals surface area contributed by atoms with E-state index in [1.807, 2.05) is 13.8 Å². The summed E-state index contributed by atoms with van der Waals surface area (Å²) in [6.45, 7) is 7.79. The topological polar surface area (TPSA) is 135 Å². The number of carbonyl (C=O) groups excluding carboxylic acids is 4. The molecule has 1 aromatic rings. The van der Waals surface area contributed by atoms with E-state index in [4.69, 9.17) is 21.1 Å². The van der Waals surface area contributed by atoms with Gasteiger partial charge in [-0.1, -0.05) is 44.5 Å². The fraction of sp³-hybridized carbons (Fsp3) is 0.643. The zero-order chi connectivity index (χ0) is 28.8. The number of nitrogens with one attached hydrogen (secondary N) is 4. The number of halogens is 1. The lowest BCUT2D eigenvalue weighted by atomic mass is 9.97. The summed E-state index contributed by atoms with van der Waals surface area (Å²) in [4.78, 5) is 51.2. The fourth-order valence-corrected chi connectivity index (χ4v) is 4.64. The van der Waals surface area contributed by atoms with Crippen molar-refractivity contribution in [3.8, 4) is 5.75 Å². The number of ether oxygens (including phenoxy) is 2. The van der Waals surface area contributed by atoms with Crippen LogP contribution in [-0.2, 0) is 25.7 Å². The SMILES string of the molecule is CCC(NC(=O)[C@H](CCC(C)C)NC(=O)NCCC1CCOCC1)C(=O)C(=O)NCc1cccc(Cl)c1OC. The molecule has 0 radical (unpaired) electrons. The number of benzene rings is 1. The molecular weight excluding hydrogens is 524 g/mol. The predicted octanol–water partition coefficient (Wildman–Crippen LogP) is 3.35. The maximum Gasteiger partial charge on any atom is 0.315 e. The van der Waals surface area contributed by atoms with Crippen molar-refractivity contribution >= 4 is 35.2 Å². The van der Waals surface area contributed by atoms with Gasteiger partial charge in [-0.25, -0.2) is 4.79 Å². The molecule has 1 aromatic carbocycles. The Morgan fingerprint density at radius 2 is 1.77 bits per heavy atom. The smallest absolute Gasteiger partial charge is 0.315 e. The van der Waals surface area contributed by atoms with Gasteiger partial charge in [-0.15, -0.1) is 0 Å². The molecule has 0 aliphatic carbocycles. The molecule has 1 fully saturated rings. The van der Waals surface area contributed by atoms with Crippen molar-refractivity contribution in [2.24, 2.45) is 11.8 Å². The van der Waals surface area contributed by atoms with Crippen molar-refractivity contribution in [2.75, 3.05) is 26.9 Å². The molecule has 2 atom stereocenters. The van der Waals surface area contributed by atoms with Gasteiger partial charge in [0.1, 0.15) is 11.8 Å². The highest BCUT2D eigenvalue weighted by Crippen LogP contribution is 2.28. The summed E-state index contributed by atoms with van der Waals surface area (Å²) in [5, 5.41) is 11.2. The first-order valence-corrected chi connectivity index (χ1v) is 14.1. The summed E-state index contributed by atoms with van der Waals surface area (Å²) in [6, 6.07) is 2.81. The minimum Gasteiger partial charge on any atom is -0.495 e. The van der Waals surface area contributed by atoms with Crippen LogP contribution in [0.1, 0.15) is 64.9 Å². The second-order valence-corrected chi connectivity index (χ2v) is 10.6. The fourth-order valence-electron chi connectivity index (χ4n) is 4.37. The molecule has 218 valence electrons. The Hall–Kier alpha value is -2.85. The first kappa shape index (κ1) is 32.4. The van der Waals surface area contributed by atoms with Crippen molar-refractivity contribution < 1.29 is 28.7 Å². The van der Waals surface area contributed by atoms with Gasteiger partial charge < -0.3 is 30.7 Å². The van der Waals surface area contributed by atoms with E-state index in [0.29, 0.717) is 47.6 Å². The summed E-state index contributed by atoms with van der Waals surface area (Å²) in [5.74, 6) is -0.854. The number of Topliss-reactive ketones (excluding diaryl/α,β-unsaturated/α-hetero) is 1. The third-order valence-electron chi connectivity index (χ3n) is 6.79. The molecule has 11 heteroatoms. The third-order valence-corrected chi connectivity index (χ3v) is 7.09. The Kier molecular flexibility index (Phi) is 14.1. The van der Waals surface area contributed by atoms with Crippen LogP contribution in [0.15, 0.2) is 18.2 Å². The Labute approximate surface area is 236 Å². The number of hydrogen-bond donors (Lipinski definition) is 4. The van der Waals surface area contributed by atoms with E-state index in [1.54, 1.807) is 25.1 Å². The minimum atomic E-state index is -1.03. The van der Waals surface area contributed by atoms with Gasteiger partial charge in [-0.2, -0.15) is 0 Å². The number of urea groups is 1. The lowest BCUT2D eigenvalue weighted by molar-refractivity contribution is -0.140. The summed E-state index contributed by atoms with van der Waals surface area (Å²) in [5.41, 5.74) is 0.615. The molecule has 1 aliphatic rings. The van der Waals surface area contributed by atoms with Crippen molar-refractivity contribution in [1.29, 1.82) is 0 Å². The van der Waals surface area contributed by atoms with E-state index in [9.17, 15) is 19.2 Å². The number of amides is 4. The van der Waals surface area contributed by atoms with Crippen molar-refractivity contribution in [2.45, 2.75) is 77.9 Å². The number of ketones is 1. The van der Waals surface area contributed by atoms with Crippen molar-refractivity contribution in [1.82, 2.24) is 21.3 Å². The summed E-state index contributed by atoms with van der Waals surface area (Å²) < 4.78 is 10.6. The Bertz CT molecular complexity index is 967. The van der Waals surface area contributed by atoms with E-state index in [2.05, 4.69) is 21.3 Å². The minimum absolute atomic E-state index is 0.0330. The van der Waals surface area contributed by atoms with E-state index >= 15 is 0 Å². The van der Waals surface area contributed by atoms with Crippen LogP contribution in [0.5, 0.6) is 5.75 Å². The van der Waals surface area contributed by atoms with E-state index < -0.39 is 35.7 Å². The number of hydrogen-bond acceptors (Lipinski definition) is 6. The van der Waals surface area contributed by atoms with Gasteiger partial charge in [0.2, 0.25) is 11.7 Å². The van der Waals surface area contributed by atoms with Gasteiger partial charge in [-0.05, 0) is 56.4 Å². The second-order valence-electron chi connectivity index (χ2n) is 10.2.